The summed E-state index contributed by atoms with van der Waals surface area (Å²) >= 11 is 0. The van der Waals surface area contributed by atoms with Gasteiger partial charge in [-0.15, -0.1) is 0 Å². The van der Waals surface area contributed by atoms with E-state index in [0.717, 1.165) is 32.1 Å². The molecular formula is C10H18N2O4. The van der Waals surface area contributed by atoms with Gasteiger partial charge in [-0.05, 0) is 12.8 Å². The second-order valence-corrected chi connectivity index (χ2v) is 4.26. The molecular weight excluding hydrogens is 212 g/mol. The number of rotatable bonds is 5. The summed E-state index contributed by atoms with van der Waals surface area (Å²) in [6.07, 6.45) is 4.57. The van der Waals surface area contributed by atoms with Crippen molar-refractivity contribution in [3.63, 3.8) is 0 Å². The molecule has 0 heterocycles. The fourth-order valence-electron chi connectivity index (χ4n) is 2.20. The topological polar surface area (TPSA) is 81.5 Å². The molecule has 1 fully saturated rings. The summed E-state index contributed by atoms with van der Waals surface area (Å²) in [6, 6.07) is 0. The third-order valence-electron chi connectivity index (χ3n) is 3.08. The number of carbonyl (C=O) groups excluding carboxylic acids is 1. The van der Waals surface area contributed by atoms with Crippen molar-refractivity contribution in [3.8, 4) is 0 Å². The summed E-state index contributed by atoms with van der Waals surface area (Å²) < 4.78 is 4.52. The van der Waals surface area contributed by atoms with Crippen LogP contribution in [0.3, 0.4) is 0 Å². The van der Waals surface area contributed by atoms with Gasteiger partial charge in [0.15, 0.2) is 0 Å². The average molecular weight is 230 g/mol. The number of carbonyl (C=O) groups is 1. The zero-order valence-corrected chi connectivity index (χ0v) is 9.53. The summed E-state index contributed by atoms with van der Waals surface area (Å²) in [4.78, 5) is 21.4. The number of ether oxygens (including phenoxy) is 1. The molecule has 0 aromatic heterocycles. The highest BCUT2D eigenvalue weighted by Gasteiger charge is 2.37. The second-order valence-electron chi connectivity index (χ2n) is 4.26. The lowest BCUT2D eigenvalue weighted by Crippen LogP contribution is -2.53. The van der Waals surface area contributed by atoms with Crippen LogP contribution in [0.15, 0.2) is 0 Å². The van der Waals surface area contributed by atoms with E-state index in [-0.39, 0.29) is 24.0 Å². The zero-order chi connectivity index (χ0) is 12.0. The van der Waals surface area contributed by atoms with E-state index >= 15 is 0 Å². The van der Waals surface area contributed by atoms with Crippen molar-refractivity contribution >= 4 is 5.97 Å². The maximum absolute atomic E-state index is 11.0. The first-order valence-electron chi connectivity index (χ1n) is 5.52. The van der Waals surface area contributed by atoms with E-state index < -0.39 is 5.54 Å². The molecule has 0 spiro atoms. The number of nitrogens with one attached hydrogen (secondary N) is 1. The normalized spacial score (nSPS) is 19.1. The molecule has 1 aliphatic rings. The number of esters is 1. The van der Waals surface area contributed by atoms with Gasteiger partial charge in [0.25, 0.3) is 0 Å². The molecule has 1 aliphatic carbocycles. The van der Waals surface area contributed by atoms with E-state index in [2.05, 4.69) is 10.1 Å². The van der Waals surface area contributed by atoms with Crippen molar-refractivity contribution in [1.29, 1.82) is 0 Å². The van der Waals surface area contributed by atoms with Crippen LogP contribution in [0.4, 0.5) is 0 Å². The van der Waals surface area contributed by atoms with Crippen LogP contribution >= 0.6 is 0 Å². The molecule has 0 radical (unpaired) electrons. The summed E-state index contributed by atoms with van der Waals surface area (Å²) in [7, 11) is 1.31. The van der Waals surface area contributed by atoms with Gasteiger partial charge in [0.05, 0.1) is 19.2 Å². The van der Waals surface area contributed by atoms with Gasteiger partial charge in [-0.25, -0.2) is 0 Å². The molecule has 0 unspecified atom stereocenters. The van der Waals surface area contributed by atoms with Crippen molar-refractivity contribution in [1.82, 2.24) is 5.32 Å². The van der Waals surface area contributed by atoms with Crippen molar-refractivity contribution in [2.45, 2.75) is 37.6 Å². The van der Waals surface area contributed by atoms with E-state index in [4.69, 9.17) is 0 Å². The Balaban J connectivity index is 2.55. The lowest BCUT2D eigenvalue weighted by atomic mass is 9.81. The monoisotopic (exact) mass is 230 g/mol. The molecule has 0 amide bonds. The standard InChI is InChI=1S/C10H18N2O4/c1-16-9(13)7-11-10(8-12(14)15)5-3-2-4-6-10/h11H,2-8H2,1H3. The molecule has 1 N–H and O–H groups in total. The zero-order valence-electron chi connectivity index (χ0n) is 9.53. The van der Waals surface area contributed by atoms with Crippen molar-refractivity contribution in [2.24, 2.45) is 0 Å². The van der Waals surface area contributed by atoms with Gasteiger partial charge in [0.2, 0.25) is 6.54 Å². The molecule has 1 saturated carbocycles. The Morgan fingerprint density at radius 3 is 2.56 bits per heavy atom. The van der Waals surface area contributed by atoms with Gasteiger partial charge in [0, 0.05) is 4.92 Å². The van der Waals surface area contributed by atoms with Crippen LogP contribution in [0.2, 0.25) is 0 Å². The smallest absolute Gasteiger partial charge is 0.319 e. The minimum Gasteiger partial charge on any atom is -0.468 e. The Morgan fingerprint density at radius 1 is 1.44 bits per heavy atom. The molecule has 92 valence electrons. The number of methoxy groups -OCH3 is 1. The lowest BCUT2D eigenvalue weighted by Gasteiger charge is -2.34. The van der Waals surface area contributed by atoms with Gasteiger partial charge in [0.1, 0.15) is 0 Å². The largest absolute Gasteiger partial charge is 0.468 e. The van der Waals surface area contributed by atoms with Crippen LogP contribution < -0.4 is 5.32 Å². The minimum absolute atomic E-state index is 0.0460. The summed E-state index contributed by atoms with van der Waals surface area (Å²) in [6.45, 7) is -0.0751. The first kappa shape index (κ1) is 12.9. The van der Waals surface area contributed by atoms with Gasteiger partial charge in [-0.1, -0.05) is 19.3 Å². The predicted molar refractivity (Wildman–Crippen MR) is 57.7 cm³/mol. The summed E-state index contributed by atoms with van der Waals surface area (Å²) in [5, 5.41) is 13.6. The molecule has 1 rings (SSSR count). The Bertz CT molecular complexity index is 262. The second kappa shape index (κ2) is 5.79. The van der Waals surface area contributed by atoms with Crippen LogP contribution in [0.1, 0.15) is 32.1 Å². The van der Waals surface area contributed by atoms with Crippen LogP contribution in [0, 0.1) is 10.1 Å². The van der Waals surface area contributed by atoms with E-state index in [1.165, 1.54) is 7.11 Å². The average Bonchev–Trinajstić information content (AvgIpc) is 2.26. The Morgan fingerprint density at radius 2 is 2.06 bits per heavy atom. The highest BCUT2D eigenvalue weighted by Crippen LogP contribution is 2.28. The van der Waals surface area contributed by atoms with Crippen LogP contribution in [0.5, 0.6) is 0 Å². The number of nitro groups is 1. The fourth-order valence-corrected chi connectivity index (χ4v) is 2.20. The number of hydrogen-bond donors (Lipinski definition) is 1. The first-order valence-corrected chi connectivity index (χ1v) is 5.52. The third-order valence-corrected chi connectivity index (χ3v) is 3.08. The molecule has 16 heavy (non-hydrogen) atoms. The van der Waals surface area contributed by atoms with Crippen LogP contribution in [0.25, 0.3) is 0 Å². The summed E-state index contributed by atoms with van der Waals surface area (Å²) in [5.41, 5.74) is -0.518. The van der Waals surface area contributed by atoms with Gasteiger partial charge in [-0.2, -0.15) is 0 Å². The van der Waals surface area contributed by atoms with Gasteiger partial charge >= 0.3 is 5.97 Å². The molecule has 0 atom stereocenters. The van der Waals surface area contributed by atoms with E-state index in [9.17, 15) is 14.9 Å². The highest BCUT2D eigenvalue weighted by molar-refractivity contribution is 5.71. The molecule has 6 heteroatoms. The van der Waals surface area contributed by atoms with Gasteiger partial charge in [-0.3, -0.25) is 20.2 Å². The molecule has 6 nitrogen and oxygen atoms in total. The van der Waals surface area contributed by atoms with E-state index in [0.29, 0.717) is 0 Å². The van der Waals surface area contributed by atoms with E-state index in [1.54, 1.807) is 0 Å². The molecule has 0 bridgehead atoms. The van der Waals surface area contributed by atoms with Crippen molar-refractivity contribution in [3.05, 3.63) is 10.1 Å². The Labute approximate surface area is 94.5 Å². The fraction of sp³-hybridized carbons (Fsp3) is 0.900. The van der Waals surface area contributed by atoms with Gasteiger partial charge < -0.3 is 4.74 Å². The maximum Gasteiger partial charge on any atom is 0.319 e. The Kier molecular flexibility index (Phi) is 4.67. The number of hydrogen-bond acceptors (Lipinski definition) is 5. The molecule has 0 aliphatic heterocycles. The first-order chi connectivity index (χ1) is 7.58. The third kappa shape index (κ3) is 3.77. The van der Waals surface area contributed by atoms with Crippen molar-refractivity contribution < 1.29 is 14.5 Å². The highest BCUT2D eigenvalue weighted by atomic mass is 16.6. The number of nitrogens with zero attached hydrogens (tertiary/aromatic N) is 1. The van der Waals surface area contributed by atoms with Crippen molar-refractivity contribution in [2.75, 3.05) is 20.2 Å². The Hall–Kier alpha value is -1.17. The van der Waals surface area contributed by atoms with Crippen LogP contribution in [-0.4, -0.2) is 36.6 Å². The SMILES string of the molecule is COC(=O)CNC1(C[N+](=O)[O-])CCCCC1. The quantitative estimate of drug-likeness (QED) is 0.427. The molecule has 0 aromatic carbocycles. The molecule has 0 aromatic rings. The van der Waals surface area contributed by atoms with E-state index in [1.807, 2.05) is 0 Å². The van der Waals surface area contributed by atoms with Crippen LogP contribution in [-0.2, 0) is 9.53 Å². The minimum atomic E-state index is -0.518. The lowest BCUT2D eigenvalue weighted by molar-refractivity contribution is -0.492. The maximum atomic E-state index is 11.0. The molecule has 0 saturated heterocycles. The summed E-state index contributed by atoms with van der Waals surface area (Å²) in [5.74, 6) is -0.381. The predicted octanol–water partition coefficient (Wildman–Crippen LogP) is 0.729.